The highest BCUT2D eigenvalue weighted by Crippen LogP contribution is 2.46. The van der Waals surface area contributed by atoms with Gasteiger partial charge in [-0.05, 0) is 43.4 Å². The Kier molecular flexibility index (Phi) is 4.93. The zero-order valence-electron chi connectivity index (χ0n) is 16.2. The van der Waals surface area contributed by atoms with E-state index in [-0.39, 0.29) is 17.8 Å². The summed E-state index contributed by atoms with van der Waals surface area (Å²) in [5.74, 6) is -0.838. The van der Waals surface area contributed by atoms with E-state index in [1.807, 2.05) is 19.1 Å². The second-order valence-electron chi connectivity index (χ2n) is 7.88. The molecule has 140 valence electrons. The maximum Gasteiger partial charge on any atom is 0.336 e. The molecule has 1 N–H and O–H groups in total. The van der Waals surface area contributed by atoms with Crippen molar-refractivity contribution in [2.75, 3.05) is 6.61 Å². The van der Waals surface area contributed by atoms with E-state index < -0.39 is 11.9 Å². The van der Waals surface area contributed by atoms with E-state index in [4.69, 9.17) is 10.00 Å². The van der Waals surface area contributed by atoms with Crippen LogP contribution >= 0.6 is 0 Å². The number of dihydropyridines is 1. The topological polar surface area (TPSA) is 79.2 Å². The SMILES string of the molecule is CCOC(=O)C1=C(C)NC2=C(C(=O)CC(C)(C)C2)C1c1ccc(C#N)cc1. The lowest BCUT2D eigenvalue weighted by Gasteiger charge is -2.39. The summed E-state index contributed by atoms with van der Waals surface area (Å²) in [7, 11) is 0. The van der Waals surface area contributed by atoms with Gasteiger partial charge in [0.25, 0.3) is 0 Å². The Bertz CT molecular complexity index is 898. The third-order valence-electron chi connectivity index (χ3n) is 5.11. The lowest BCUT2D eigenvalue weighted by atomic mass is 9.68. The second kappa shape index (κ2) is 7.03. The highest BCUT2D eigenvalue weighted by atomic mass is 16.5. The number of ketones is 1. The van der Waals surface area contributed by atoms with Crippen molar-refractivity contribution >= 4 is 11.8 Å². The van der Waals surface area contributed by atoms with Crippen LogP contribution in [0, 0.1) is 16.7 Å². The molecule has 0 fully saturated rings. The van der Waals surface area contributed by atoms with Gasteiger partial charge < -0.3 is 10.1 Å². The number of rotatable bonds is 3. The van der Waals surface area contributed by atoms with Crippen molar-refractivity contribution in [3.05, 3.63) is 57.9 Å². The summed E-state index contributed by atoms with van der Waals surface area (Å²) >= 11 is 0. The molecule has 0 saturated carbocycles. The van der Waals surface area contributed by atoms with E-state index in [9.17, 15) is 9.59 Å². The average Bonchev–Trinajstić information content (AvgIpc) is 2.59. The van der Waals surface area contributed by atoms with Crippen LogP contribution in [0.5, 0.6) is 0 Å². The predicted octanol–water partition coefficient (Wildman–Crippen LogP) is 3.73. The number of esters is 1. The van der Waals surface area contributed by atoms with Crippen molar-refractivity contribution in [1.29, 1.82) is 5.26 Å². The summed E-state index contributed by atoms with van der Waals surface area (Å²) in [6, 6.07) is 9.17. The van der Waals surface area contributed by atoms with Gasteiger partial charge in [-0.15, -0.1) is 0 Å². The number of carbonyl (C=O) groups is 2. The van der Waals surface area contributed by atoms with Crippen LogP contribution in [0.1, 0.15) is 57.6 Å². The highest BCUT2D eigenvalue weighted by Gasteiger charge is 2.43. The molecule has 1 atom stereocenters. The van der Waals surface area contributed by atoms with Gasteiger partial charge in [0, 0.05) is 29.3 Å². The number of nitriles is 1. The normalized spacial score (nSPS) is 21.3. The molecule has 3 rings (SSSR count). The van der Waals surface area contributed by atoms with Gasteiger partial charge in [0.2, 0.25) is 0 Å². The molecule has 1 aromatic rings. The van der Waals surface area contributed by atoms with Gasteiger partial charge in [-0.3, -0.25) is 4.79 Å². The summed E-state index contributed by atoms with van der Waals surface area (Å²) in [4.78, 5) is 25.8. The largest absolute Gasteiger partial charge is 0.463 e. The minimum atomic E-state index is -0.475. The Labute approximate surface area is 159 Å². The van der Waals surface area contributed by atoms with E-state index in [0.717, 1.165) is 17.7 Å². The number of carbonyl (C=O) groups excluding carboxylic acids is 2. The number of hydrogen-bond donors (Lipinski definition) is 1. The summed E-state index contributed by atoms with van der Waals surface area (Å²) < 4.78 is 5.28. The summed E-state index contributed by atoms with van der Waals surface area (Å²) in [6.07, 6.45) is 1.18. The van der Waals surface area contributed by atoms with E-state index in [0.29, 0.717) is 28.8 Å². The van der Waals surface area contributed by atoms with Gasteiger partial charge >= 0.3 is 5.97 Å². The van der Waals surface area contributed by atoms with Crippen LogP contribution in [0.15, 0.2) is 46.8 Å². The van der Waals surface area contributed by atoms with E-state index in [1.54, 1.807) is 19.1 Å². The first-order valence-electron chi connectivity index (χ1n) is 9.18. The Morgan fingerprint density at radius 3 is 2.56 bits per heavy atom. The molecule has 2 aliphatic rings. The number of allylic oxidation sites excluding steroid dienone is 3. The fraction of sp³-hybridized carbons (Fsp3) is 0.409. The molecule has 0 aromatic heterocycles. The van der Waals surface area contributed by atoms with E-state index in [2.05, 4.69) is 25.2 Å². The number of nitrogens with zero attached hydrogens (tertiary/aromatic N) is 1. The molecule has 1 aliphatic carbocycles. The molecule has 5 nitrogen and oxygen atoms in total. The molecule has 0 amide bonds. The van der Waals surface area contributed by atoms with Crippen molar-refractivity contribution in [1.82, 2.24) is 5.32 Å². The third kappa shape index (κ3) is 3.52. The molecular weight excluding hydrogens is 340 g/mol. The molecule has 0 bridgehead atoms. The average molecular weight is 364 g/mol. The van der Waals surface area contributed by atoms with Crippen LogP contribution in [0.25, 0.3) is 0 Å². The molecule has 0 radical (unpaired) electrons. The van der Waals surface area contributed by atoms with Gasteiger partial charge in [0.1, 0.15) is 0 Å². The van der Waals surface area contributed by atoms with Crippen molar-refractivity contribution in [2.24, 2.45) is 5.41 Å². The van der Waals surface area contributed by atoms with Crippen LogP contribution in [0.2, 0.25) is 0 Å². The lowest BCUT2D eigenvalue weighted by molar-refractivity contribution is -0.138. The smallest absolute Gasteiger partial charge is 0.336 e. The van der Waals surface area contributed by atoms with E-state index in [1.165, 1.54) is 0 Å². The summed E-state index contributed by atoms with van der Waals surface area (Å²) in [5.41, 5.74) is 3.94. The molecule has 0 spiro atoms. The summed E-state index contributed by atoms with van der Waals surface area (Å²) in [6.45, 7) is 8.03. The maximum atomic E-state index is 13.1. The number of benzene rings is 1. The van der Waals surface area contributed by atoms with Crippen LogP contribution in [0.3, 0.4) is 0 Å². The van der Waals surface area contributed by atoms with Gasteiger partial charge in [0.05, 0.1) is 23.8 Å². The number of nitrogens with one attached hydrogen (secondary N) is 1. The molecule has 1 unspecified atom stereocenters. The van der Waals surface area contributed by atoms with Gasteiger partial charge in [-0.1, -0.05) is 26.0 Å². The van der Waals surface area contributed by atoms with Crippen LogP contribution in [-0.4, -0.2) is 18.4 Å². The van der Waals surface area contributed by atoms with Crippen molar-refractivity contribution in [3.8, 4) is 6.07 Å². The van der Waals surface area contributed by atoms with Crippen molar-refractivity contribution in [3.63, 3.8) is 0 Å². The Morgan fingerprint density at radius 1 is 1.30 bits per heavy atom. The molecular formula is C22H24N2O3. The Hall–Kier alpha value is -2.87. The third-order valence-corrected chi connectivity index (χ3v) is 5.11. The molecule has 1 aliphatic heterocycles. The first-order valence-corrected chi connectivity index (χ1v) is 9.18. The predicted molar refractivity (Wildman–Crippen MR) is 101 cm³/mol. The maximum absolute atomic E-state index is 13.1. The van der Waals surface area contributed by atoms with Crippen molar-refractivity contribution < 1.29 is 14.3 Å². The van der Waals surface area contributed by atoms with E-state index >= 15 is 0 Å². The molecule has 5 heteroatoms. The van der Waals surface area contributed by atoms with Gasteiger partial charge in [-0.25, -0.2) is 4.79 Å². The Morgan fingerprint density at radius 2 is 1.96 bits per heavy atom. The zero-order chi connectivity index (χ0) is 19.8. The fourth-order valence-corrected chi connectivity index (χ4v) is 4.00. The highest BCUT2D eigenvalue weighted by molar-refractivity contribution is 6.04. The number of hydrogen-bond acceptors (Lipinski definition) is 5. The van der Waals surface area contributed by atoms with Crippen molar-refractivity contribution in [2.45, 2.75) is 46.5 Å². The molecule has 0 saturated heterocycles. The minimum Gasteiger partial charge on any atom is -0.463 e. The molecule has 1 aromatic carbocycles. The fourth-order valence-electron chi connectivity index (χ4n) is 4.00. The number of Topliss-reactive ketones (excluding diaryl/α,β-unsaturated/α-hetero) is 1. The summed E-state index contributed by atoms with van der Waals surface area (Å²) in [5, 5.41) is 12.4. The van der Waals surface area contributed by atoms with Gasteiger partial charge in [-0.2, -0.15) is 5.26 Å². The standard InChI is InChI=1S/C22H24N2O3/c1-5-27-21(26)18-13(2)24-16-10-22(3,4)11-17(25)20(16)19(18)15-8-6-14(12-23)7-9-15/h6-9,19,24H,5,10-11H2,1-4H3. The van der Waals surface area contributed by atoms with Crippen LogP contribution in [0.4, 0.5) is 0 Å². The zero-order valence-corrected chi connectivity index (χ0v) is 16.2. The van der Waals surface area contributed by atoms with Crippen LogP contribution < -0.4 is 5.32 Å². The minimum absolute atomic E-state index is 0.0532. The first kappa shape index (κ1) is 18.9. The first-order chi connectivity index (χ1) is 12.8. The quantitative estimate of drug-likeness (QED) is 0.827. The Balaban J connectivity index is 2.17. The van der Waals surface area contributed by atoms with Gasteiger partial charge in [0.15, 0.2) is 5.78 Å². The molecule has 27 heavy (non-hydrogen) atoms. The van der Waals surface area contributed by atoms with Crippen LogP contribution in [-0.2, 0) is 14.3 Å². The second-order valence-corrected chi connectivity index (χ2v) is 7.88. The molecule has 1 heterocycles. The number of ether oxygens (including phenoxy) is 1. The monoisotopic (exact) mass is 364 g/mol. The lowest BCUT2D eigenvalue weighted by Crippen LogP contribution is -2.38.